The average Bonchev–Trinajstić information content (AvgIpc) is 2.98. The molecule has 1 aliphatic heterocycles. The summed E-state index contributed by atoms with van der Waals surface area (Å²) in [6, 6.07) is 11.5. The third kappa shape index (κ3) is 4.81. The molecule has 5 rings (SSSR count). The maximum Gasteiger partial charge on any atom is 0.335 e. The number of halogens is 1. The molecule has 0 saturated heterocycles. The number of carbonyl (C=O) groups is 1. The first kappa shape index (κ1) is 24.2. The Hall–Kier alpha value is -2.50. The molecule has 0 amide bonds. The second-order valence-corrected chi connectivity index (χ2v) is 11.0. The van der Waals surface area contributed by atoms with Crippen molar-refractivity contribution in [3.8, 4) is 5.75 Å². The lowest BCUT2D eigenvalue weighted by Crippen LogP contribution is -2.48. The fourth-order valence-corrected chi connectivity index (χ4v) is 6.49. The van der Waals surface area contributed by atoms with Crippen LogP contribution in [-0.2, 0) is 11.8 Å². The minimum absolute atomic E-state index is 0.168. The molecule has 0 aromatic heterocycles. The van der Waals surface area contributed by atoms with Gasteiger partial charge in [0, 0.05) is 23.5 Å². The number of ether oxygens (including phenoxy) is 1. The van der Waals surface area contributed by atoms with Gasteiger partial charge in [0.05, 0.1) is 24.0 Å². The number of fused-ring (bicyclic) bond motifs is 3. The molecular weight excluding hydrogens is 462 g/mol. The molecule has 0 radical (unpaired) electrons. The van der Waals surface area contributed by atoms with Crippen molar-refractivity contribution in [2.24, 2.45) is 11.8 Å². The number of hydrogen-bond acceptors (Lipinski definition) is 4. The summed E-state index contributed by atoms with van der Waals surface area (Å²) in [4.78, 5) is 14.2. The Morgan fingerprint density at radius 3 is 2.83 bits per heavy atom. The maximum atomic E-state index is 11.8. The van der Waals surface area contributed by atoms with Crippen molar-refractivity contribution in [1.82, 2.24) is 0 Å². The first-order valence-corrected chi connectivity index (χ1v) is 13.1. The molecule has 2 N–H and O–H groups in total. The highest BCUT2D eigenvalue weighted by atomic mass is 35.5. The predicted molar refractivity (Wildman–Crippen MR) is 139 cm³/mol. The van der Waals surface area contributed by atoms with Crippen LogP contribution in [0.1, 0.15) is 60.0 Å². The Kier molecular flexibility index (Phi) is 6.82. The van der Waals surface area contributed by atoms with E-state index in [1.54, 1.807) is 18.2 Å². The third-order valence-electron chi connectivity index (χ3n) is 8.42. The molecule has 1 heterocycles. The standard InChI is InChI=1S/C29H34ClNO4/c1-2-24(32)10-7-19-5-6-22(19)16-31-17-29(13-3-4-20-14-23(30)9-11-25(20)29)18-35-27-12-8-21(28(33)34)15-26(27)31/h2,8-9,11-12,14-15,19,22,24,32H,1,3-7,10,13,16-18H2,(H,33,34)/t19-,22-,24+,29-/m0/s1. The van der Waals surface area contributed by atoms with Crippen LogP contribution in [0.2, 0.25) is 5.02 Å². The van der Waals surface area contributed by atoms with Gasteiger partial charge in [0.15, 0.2) is 0 Å². The Morgan fingerprint density at radius 1 is 1.26 bits per heavy atom. The van der Waals surface area contributed by atoms with Crippen LogP contribution in [0.5, 0.6) is 5.75 Å². The van der Waals surface area contributed by atoms with E-state index in [1.807, 2.05) is 12.1 Å². The highest BCUT2D eigenvalue weighted by molar-refractivity contribution is 6.30. The number of aromatic carboxylic acids is 1. The summed E-state index contributed by atoms with van der Waals surface area (Å²) in [7, 11) is 0. The molecule has 2 aromatic rings. The minimum Gasteiger partial charge on any atom is -0.490 e. The van der Waals surface area contributed by atoms with Crippen LogP contribution < -0.4 is 9.64 Å². The summed E-state index contributed by atoms with van der Waals surface area (Å²) in [6.45, 7) is 5.91. The normalized spacial score (nSPS) is 26.1. The van der Waals surface area contributed by atoms with Crippen molar-refractivity contribution in [3.63, 3.8) is 0 Å². The first-order valence-electron chi connectivity index (χ1n) is 12.7. The quantitative estimate of drug-likeness (QED) is 0.470. The zero-order valence-corrected chi connectivity index (χ0v) is 20.8. The number of nitrogens with zero attached hydrogens (tertiary/aromatic N) is 1. The fourth-order valence-electron chi connectivity index (χ4n) is 6.29. The van der Waals surface area contributed by atoms with Crippen LogP contribution in [0.25, 0.3) is 0 Å². The lowest BCUT2D eigenvalue weighted by Gasteiger charge is -2.44. The number of aliphatic hydroxyl groups excluding tert-OH is 1. The lowest BCUT2D eigenvalue weighted by molar-refractivity contribution is 0.0697. The number of rotatable bonds is 7. The zero-order valence-electron chi connectivity index (χ0n) is 20.1. The molecule has 186 valence electrons. The zero-order chi connectivity index (χ0) is 24.6. The van der Waals surface area contributed by atoms with Gasteiger partial charge in [0.1, 0.15) is 5.75 Å². The van der Waals surface area contributed by atoms with E-state index in [-0.39, 0.29) is 11.0 Å². The van der Waals surface area contributed by atoms with Crippen LogP contribution in [-0.4, -0.2) is 42.0 Å². The molecule has 4 atom stereocenters. The molecule has 1 saturated carbocycles. The molecule has 0 bridgehead atoms. The molecule has 1 fully saturated rings. The van der Waals surface area contributed by atoms with E-state index in [9.17, 15) is 15.0 Å². The van der Waals surface area contributed by atoms with E-state index in [0.717, 1.165) is 68.1 Å². The van der Waals surface area contributed by atoms with Crippen LogP contribution in [0.4, 0.5) is 5.69 Å². The van der Waals surface area contributed by atoms with Crippen molar-refractivity contribution >= 4 is 23.3 Å². The van der Waals surface area contributed by atoms with Gasteiger partial charge < -0.3 is 19.8 Å². The van der Waals surface area contributed by atoms with Crippen LogP contribution in [0.15, 0.2) is 49.1 Å². The lowest BCUT2D eigenvalue weighted by atomic mass is 9.68. The minimum atomic E-state index is -0.927. The summed E-state index contributed by atoms with van der Waals surface area (Å²) in [6.07, 6.45) is 8.33. The Morgan fingerprint density at radius 2 is 2.09 bits per heavy atom. The second-order valence-electron chi connectivity index (χ2n) is 10.6. The molecule has 0 unspecified atom stereocenters. The Balaban J connectivity index is 1.47. The Bertz CT molecular complexity index is 1120. The van der Waals surface area contributed by atoms with Gasteiger partial charge >= 0.3 is 5.97 Å². The van der Waals surface area contributed by atoms with Crippen molar-refractivity contribution in [3.05, 3.63) is 70.8 Å². The molecule has 3 aliphatic rings. The second kappa shape index (κ2) is 9.87. The fraction of sp³-hybridized carbons (Fsp3) is 0.483. The van der Waals surface area contributed by atoms with Crippen LogP contribution in [0.3, 0.4) is 0 Å². The first-order chi connectivity index (χ1) is 16.9. The Labute approximate surface area is 212 Å². The summed E-state index contributed by atoms with van der Waals surface area (Å²) in [5, 5.41) is 20.4. The molecule has 6 heteroatoms. The molecular formula is C29H34ClNO4. The summed E-state index contributed by atoms with van der Waals surface area (Å²) in [5.74, 6) is 0.903. The van der Waals surface area contributed by atoms with Gasteiger partial charge in [0.2, 0.25) is 0 Å². The number of anilines is 1. The van der Waals surface area contributed by atoms with Gasteiger partial charge in [-0.25, -0.2) is 4.79 Å². The van der Waals surface area contributed by atoms with E-state index in [0.29, 0.717) is 18.4 Å². The SMILES string of the molecule is C=C[C@@H](O)CC[C@@H]1CC[C@H]1CN1C[C@@]2(CCCc3cc(Cl)ccc32)COc2ccc(C(=O)O)cc21. The highest BCUT2D eigenvalue weighted by Crippen LogP contribution is 2.46. The third-order valence-corrected chi connectivity index (χ3v) is 8.65. The van der Waals surface area contributed by atoms with Gasteiger partial charge in [0.25, 0.3) is 0 Å². The molecule has 2 aromatic carbocycles. The van der Waals surface area contributed by atoms with E-state index in [2.05, 4.69) is 23.6 Å². The van der Waals surface area contributed by atoms with Gasteiger partial charge in [-0.1, -0.05) is 23.7 Å². The number of aryl methyl sites for hydroxylation is 1. The average molecular weight is 496 g/mol. The summed E-state index contributed by atoms with van der Waals surface area (Å²) < 4.78 is 6.44. The van der Waals surface area contributed by atoms with Gasteiger partial charge in [-0.3, -0.25) is 0 Å². The molecule has 1 spiro atoms. The van der Waals surface area contributed by atoms with E-state index < -0.39 is 12.1 Å². The van der Waals surface area contributed by atoms with Crippen LogP contribution in [0, 0.1) is 11.8 Å². The van der Waals surface area contributed by atoms with Crippen molar-refractivity contribution < 1.29 is 19.7 Å². The number of hydrogen-bond donors (Lipinski definition) is 2. The van der Waals surface area contributed by atoms with Crippen molar-refractivity contribution in [2.75, 3.05) is 24.6 Å². The van der Waals surface area contributed by atoms with E-state index in [4.69, 9.17) is 16.3 Å². The molecule has 2 aliphatic carbocycles. The smallest absolute Gasteiger partial charge is 0.335 e. The van der Waals surface area contributed by atoms with Gasteiger partial charge in [-0.15, -0.1) is 6.58 Å². The van der Waals surface area contributed by atoms with Gasteiger partial charge in [-0.2, -0.15) is 0 Å². The van der Waals surface area contributed by atoms with Gasteiger partial charge in [-0.05, 0) is 98.2 Å². The predicted octanol–water partition coefficient (Wildman–Crippen LogP) is 5.86. The molecule has 35 heavy (non-hydrogen) atoms. The van der Waals surface area contributed by atoms with E-state index >= 15 is 0 Å². The topological polar surface area (TPSA) is 70.0 Å². The molecule has 5 nitrogen and oxygen atoms in total. The van der Waals surface area contributed by atoms with Crippen LogP contribution >= 0.6 is 11.6 Å². The number of aliphatic hydroxyl groups is 1. The number of carboxylic acids is 1. The number of benzene rings is 2. The summed E-state index contributed by atoms with van der Waals surface area (Å²) >= 11 is 6.34. The maximum absolute atomic E-state index is 11.8. The summed E-state index contributed by atoms with van der Waals surface area (Å²) in [5.41, 5.74) is 3.59. The van der Waals surface area contributed by atoms with E-state index in [1.165, 1.54) is 17.5 Å². The number of carboxylic acid groups (broad SMARTS) is 1. The van der Waals surface area contributed by atoms with Crippen molar-refractivity contribution in [2.45, 2.75) is 56.5 Å². The van der Waals surface area contributed by atoms with Crippen molar-refractivity contribution in [1.29, 1.82) is 0 Å². The highest BCUT2D eigenvalue weighted by Gasteiger charge is 2.43. The monoisotopic (exact) mass is 495 g/mol. The largest absolute Gasteiger partial charge is 0.490 e.